The van der Waals surface area contributed by atoms with Gasteiger partial charge >= 0.3 is 0 Å². The number of halogens is 2. The van der Waals surface area contributed by atoms with Gasteiger partial charge in [-0.3, -0.25) is 0 Å². The largest absolute Gasteiger partial charge is 0.382 e. The van der Waals surface area contributed by atoms with Crippen LogP contribution in [0, 0.1) is 0 Å². The number of hydrogen-bond donors (Lipinski definition) is 0. The van der Waals surface area contributed by atoms with Crippen LogP contribution in [0.5, 0.6) is 0 Å². The second kappa shape index (κ2) is 34.0. The first kappa shape index (κ1) is 69.8. The van der Waals surface area contributed by atoms with E-state index in [4.69, 9.17) is 133 Å². The summed E-state index contributed by atoms with van der Waals surface area (Å²) < 4.78 is 179. The zero-order valence-corrected chi connectivity index (χ0v) is 54.1. The Bertz CT molecular complexity index is 1680. The van der Waals surface area contributed by atoms with Crippen LogP contribution < -0.4 is 0 Å². The molecule has 0 aromatic carbocycles. The molecule has 22 heterocycles. The number of rotatable bonds is 22. The van der Waals surface area contributed by atoms with Gasteiger partial charge in [0, 0.05) is 114 Å². The third kappa shape index (κ3) is 15.2. The van der Waals surface area contributed by atoms with Gasteiger partial charge in [0.05, 0.1) is 47.5 Å². The van der Waals surface area contributed by atoms with E-state index in [1.165, 1.54) is 28.4 Å². The summed E-state index contributed by atoms with van der Waals surface area (Å²) in [6.07, 6.45) is -25.3. The van der Waals surface area contributed by atoms with Crippen molar-refractivity contribution in [2.45, 2.75) is 180 Å². The minimum absolute atomic E-state index is 0.0267. The molecule has 22 fully saturated rings. The highest BCUT2D eigenvalue weighted by Crippen LogP contribution is 2.43. The zero-order chi connectivity index (χ0) is 59.4. The topological polar surface area (TPSA) is 258 Å². The monoisotopic (exact) mass is 1420 g/mol. The SMILES string of the molecule is COC[C@H]1O[C@@H]2O[C@H]3[C@H](OC)[C@@H](OC)[C@@H](O[C@H]4[C@H](OC)[C@H](I)[C@@H](O[C@H]5[C@H](OC)[C@@H](OC)[C@@H](O[C@H]6[C@H](OC)[C@@H](OC)[C@@H](O[C@H]7[C@H](OC)[C@H](I)[C@@H](O[C@H]1[C@H](OC)[C@H]2OC)O[C@@H]7COC)O[C@@H]6COC)O[C@@H]5COC)O[C@@H]4COC)O[C@@H]3COC. The van der Waals surface area contributed by atoms with E-state index in [2.05, 4.69) is 45.2 Å². The van der Waals surface area contributed by atoms with Crippen molar-refractivity contribution in [3.63, 3.8) is 0 Å². The molecule has 30 heteroatoms. The Morgan fingerprint density at radius 2 is 0.366 bits per heavy atom. The first-order valence-corrected chi connectivity index (χ1v) is 29.7. The standard InChI is InChI=1S/C52H90I2O28/c1-55-17-23-31-37(61-7)29(53)47(71-23)77-33-25(19-57-3)73-51(43(67-13)39(33)63-9)82-36-28(22-60-6)76-50(46(70-16)42(36)66-12)80-32-24(18-56-2)72-48(30(54)38(32)62-8)78-34-26(20-58-4)74-52(44(68-14)40(34)64-10)81-35-27(21-59-5)75-49(79-31)45(69-15)41(35)65-11/h23-52H,17-22H2,1-16H3/t23-,24-,25-,26-,27-,28-,29+,30+,31-,32-,33-,34-,35-,36-,37-,38-,39+,40+,41+,42+,43-,44-,45-,46-,47-,48-,49-,50-,51-,52-/m1/s1. The van der Waals surface area contributed by atoms with Crippen LogP contribution in [0.3, 0.4) is 0 Å². The van der Waals surface area contributed by atoms with Gasteiger partial charge in [0.15, 0.2) is 37.7 Å². The quantitative estimate of drug-likeness (QED) is 0.104. The molecule has 0 spiro atoms. The van der Waals surface area contributed by atoms with Gasteiger partial charge in [0.2, 0.25) is 0 Å². The van der Waals surface area contributed by atoms with Crippen LogP contribution in [0.1, 0.15) is 0 Å². The maximum absolute atomic E-state index is 7.00. The normalized spacial score (nSPS) is 46.9. The molecule has 22 rings (SSSR count). The second-order valence-electron chi connectivity index (χ2n) is 20.5. The van der Waals surface area contributed by atoms with Gasteiger partial charge in [0.1, 0.15) is 134 Å². The minimum atomic E-state index is -1.13. The Hall–Kier alpha value is 0.340. The lowest BCUT2D eigenvalue weighted by Gasteiger charge is -2.53. The zero-order valence-electron chi connectivity index (χ0n) is 49.8. The van der Waals surface area contributed by atoms with Crippen molar-refractivity contribution in [1.82, 2.24) is 0 Å². The minimum Gasteiger partial charge on any atom is -0.382 e. The lowest BCUT2D eigenvalue weighted by Crippen LogP contribution is -2.69. The summed E-state index contributed by atoms with van der Waals surface area (Å²) >= 11 is 4.48. The van der Waals surface area contributed by atoms with Crippen LogP contribution in [0.4, 0.5) is 0 Å². The summed E-state index contributed by atoms with van der Waals surface area (Å²) in [4.78, 5) is 0. The predicted molar refractivity (Wildman–Crippen MR) is 296 cm³/mol. The van der Waals surface area contributed by atoms with Crippen LogP contribution in [0.25, 0.3) is 0 Å². The Labute approximate surface area is 508 Å². The second-order valence-corrected chi connectivity index (χ2v) is 23.4. The molecule has 0 saturated carbocycles. The van der Waals surface area contributed by atoms with E-state index in [1.54, 1.807) is 85.3 Å². The lowest BCUT2D eigenvalue weighted by molar-refractivity contribution is -0.398. The van der Waals surface area contributed by atoms with Crippen molar-refractivity contribution < 1.29 is 133 Å². The van der Waals surface area contributed by atoms with Gasteiger partial charge in [0.25, 0.3) is 0 Å². The van der Waals surface area contributed by atoms with Crippen LogP contribution in [0.15, 0.2) is 0 Å². The van der Waals surface area contributed by atoms with Crippen molar-refractivity contribution in [3.8, 4) is 0 Å². The fourth-order valence-corrected chi connectivity index (χ4v) is 14.3. The van der Waals surface area contributed by atoms with E-state index >= 15 is 0 Å². The molecular formula is C52H90I2O28. The highest BCUT2D eigenvalue weighted by Gasteiger charge is 2.60. The van der Waals surface area contributed by atoms with Gasteiger partial charge < -0.3 is 133 Å². The lowest BCUT2D eigenvalue weighted by atomic mass is 9.95. The van der Waals surface area contributed by atoms with E-state index in [1.807, 2.05) is 0 Å². The number of methoxy groups -OCH3 is 16. The van der Waals surface area contributed by atoms with Crippen molar-refractivity contribution in [1.29, 1.82) is 0 Å². The Kier molecular flexibility index (Phi) is 28.9. The van der Waals surface area contributed by atoms with E-state index in [0.717, 1.165) is 0 Å². The smallest absolute Gasteiger partial charge is 0.187 e. The van der Waals surface area contributed by atoms with E-state index in [0.29, 0.717) is 0 Å². The first-order chi connectivity index (χ1) is 39.8. The van der Waals surface area contributed by atoms with Gasteiger partial charge in [-0.1, -0.05) is 45.2 Å². The number of hydrogen-bond acceptors (Lipinski definition) is 28. The first-order valence-electron chi connectivity index (χ1n) is 27.2. The van der Waals surface area contributed by atoms with Crippen molar-refractivity contribution >= 4 is 45.2 Å². The molecule has 30 atom stereocenters. The van der Waals surface area contributed by atoms with E-state index < -0.39 is 180 Å². The van der Waals surface area contributed by atoms with Gasteiger partial charge in [-0.15, -0.1) is 0 Å². The summed E-state index contributed by atoms with van der Waals surface area (Å²) in [6.45, 7) is 0.222. The summed E-state index contributed by atoms with van der Waals surface area (Å²) in [7, 11) is 24.8. The molecule has 0 amide bonds. The van der Waals surface area contributed by atoms with E-state index in [9.17, 15) is 0 Å². The van der Waals surface area contributed by atoms with Gasteiger partial charge in [-0.05, 0) is 0 Å². The average molecular weight is 1420 g/mol. The Morgan fingerprint density at radius 1 is 0.207 bits per heavy atom. The highest BCUT2D eigenvalue weighted by molar-refractivity contribution is 14.1. The molecule has 28 nitrogen and oxygen atoms in total. The molecule has 0 radical (unpaired) electrons. The maximum atomic E-state index is 7.00. The van der Waals surface area contributed by atoms with Crippen LogP contribution in [-0.4, -0.2) is 333 Å². The number of alkyl halides is 2. The maximum Gasteiger partial charge on any atom is 0.187 e. The van der Waals surface area contributed by atoms with Crippen molar-refractivity contribution in [3.05, 3.63) is 0 Å². The molecule has 0 aromatic rings. The van der Waals surface area contributed by atoms with Crippen molar-refractivity contribution in [2.75, 3.05) is 153 Å². The molecule has 22 aliphatic rings. The molecule has 0 unspecified atom stereocenters. The summed E-state index contributed by atoms with van der Waals surface area (Å²) in [5.41, 5.74) is 0. The van der Waals surface area contributed by atoms with Gasteiger partial charge in [-0.25, -0.2) is 0 Å². The van der Waals surface area contributed by atoms with Crippen LogP contribution in [-0.2, 0) is 133 Å². The molecular weight excluding hydrogens is 1330 g/mol. The average Bonchev–Trinajstić information content (AvgIpc) is 3.48. The van der Waals surface area contributed by atoms with Crippen LogP contribution >= 0.6 is 45.2 Å². The van der Waals surface area contributed by atoms with Gasteiger partial charge in [-0.2, -0.15) is 0 Å². The molecule has 22 saturated heterocycles. The molecule has 0 aromatic heterocycles. The molecule has 0 N–H and O–H groups in total. The molecule has 22 aliphatic heterocycles. The van der Waals surface area contributed by atoms with E-state index in [-0.39, 0.29) is 39.6 Å². The Morgan fingerprint density at radius 3 is 0.537 bits per heavy atom. The Balaban J connectivity index is 1.33. The molecule has 82 heavy (non-hydrogen) atoms. The number of ether oxygens (including phenoxy) is 28. The van der Waals surface area contributed by atoms with Crippen LogP contribution in [0.2, 0.25) is 0 Å². The summed E-state index contributed by atoms with van der Waals surface area (Å²) in [5, 5.41) is 0. The fourth-order valence-electron chi connectivity index (χ4n) is 12.2. The molecule has 0 aliphatic carbocycles. The summed E-state index contributed by atoms with van der Waals surface area (Å²) in [6, 6.07) is 0. The predicted octanol–water partition coefficient (Wildman–Crippen LogP) is 0.296. The summed E-state index contributed by atoms with van der Waals surface area (Å²) in [5.74, 6) is 0. The van der Waals surface area contributed by atoms with Crippen molar-refractivity contribution in [2.24, 2.45) is 0 Å². The molecule has 480 valence electrons. The molecule has 12 bridgehead atoms. The highest BCUT2D eigenvalue weighted by atomic mass is 127. The third-order valence-corrected chi connectivity index (χ3v) is 18.6. The fraction of sp³-hybridized carbons (Fsp3) is 1.00. The third-order valence-electron chi connectivity index (χ3n) is 16.0.